The molecule has 1 atom stereocenters. The maximum Gasteiger partial charge on any atom is 0.327 e. The van der Waals surface area contributed by atoms with Crippen molar-refractivity contribution in [1.29, 1.82) is 0 Å². The minimum atomic E-state index is 0.0127. The molecule has 1 aliphatic heterocycles. The molecule has 0 N–H and O–H groups in total. The zero-order valence-corrected chi connectivity index (χ0v) is 9.86. The third kappa shape index (κ3) is 2.26. The summed E-state index contributed by atoms with van der Waals surface area (Å²) < 4.78 is 6.17. The molecule has 0 saturated carbocycles. The van der Waals surface area contributed by atoms with Gasteiger partial charge in [-0.05, 0) is 31.5 Å². The highest BCUT2D eigenvalue weighted by Gasteiger charge is 2.37. The van der Waals surface area contributed by atoms with Crippen molar-refractivity contribution in [2.45, 2.75) is 39.1 Å². The second-order valence-corrected chi connectivity index (χ2v) is 5.10. The molecule has 0 aromatic heterocycles. The molecule has 2 rings (SSSR count). The monoisotopic (exact) mass is 202 g/mol. The third-order valence-corrected chi connectivity index (χ3v) is 3.67. The highest BCUT2D eigenvalue weighted by atomic mass is 16.5. The summed E-state index contributed by atoms with van der Waals surface area (Å²) in [4.78, 5) is 0. The summed E-state index contributed by atoms with van der Waals surface area (Å²) in [6.45, 7) is 6.97. The lowest BCUT2D eigenvalue weighted by Crippen LogP contribution is -2.49. The average molecular weight is 202 g/mol. The van der Waals surface area contributed by atoms with Gasteiger partial charge in [0.1, 0.15) is 0 Å². The molecule has 0 amide bonds. The molecule has 1 aromatic carbocycles. The van der Waals surface area contributed by atoms with Gasteiger partial charge < -0.3 is 4.65 Å². The second kappa shape index (κ2) is 4.01. The summed E-state index contributed by atoms with van der Waals surface area (Å²) >= 11 is 0. The van der Waals surface area contributed by atoms with Crippen LogP contribution >= 0.6 is 0 Å². The van der Waals surface area contributed by atoms with Gasteiger partial charge in [0.2, 0.25) is 0 Å². The Bertz CT molecular complexity index is 321. The summed E-state index contributed by atoms with van der Waals surface area (Å²) in [6, 6.07) is 10.6. The molecular weight excluding hydrogens is 183 g/mol. The quantitative estimate of drug-likeness (QED) is 0.636. The molecule has 0 radical (unpaired) electrons. The summed E-state index contributed by atoms with van der Waals surface area (Å²) in [5.74, 6) is 0.650. The van der Waals surface area contributed by atoms with Crippen LogP contribution in [0.5, 0.6) is 0 Å². The number of hydrogen-bond acceptors (Lipinski definition) is 1. The van der Waals surface area contributed by atoms with Gasteiger partial charge in [0.15, 0.2) is 0 Å². The van der Waals surface area contributed by atoms with Gasteiger partial charge in [0.05, 0.1) is 0 Å². The smallest absolute Gasteiger partial charge is 0.327 e. The SMILES string of the molecule is CC1CCB(c2ccccc2)OC1(C)C. The molecule has 0 spiro atoms. The van der Waals surface area contributed by atoms with Crippen LogP contribution in [0, 0.1) is 5.92 Å². The molecule has 1 fully saturated rings. The van der Waals surface area contributed by atoms with Crippen LogP contribution in [0.25, 0.3) is 0 Å². The van der Waals surface area contributed by atoms with Gasteiger partial charge in [0.25, 0.3) is 0 Å². The normalized spacial score (nSPS) is 25.3. The maximum absolute atomic E-state index is 6.17. The fourth-order valence-electron chi connectivity index (χ4n) is 2.19. The molecule has 80 valence electrons. The minimum Gasteiger partial charge on any atom is -0.426 e. The Balaban J connectivity index is 2.14. The first-order chi connectivity index (χ1) is 7.09. The maximum atomic E-state index is 6.17. The van der Waals surface area contributed by atoms with Gasteiger partial charge in [-0.3, -0.25) is 0 Å². The molecule has 1 unspecified atom stereocenters. The van der Waals surface area contributed by atoms with E-state index in [1.165, 1.54) is 11.9 Å². The zero-order chi connectivity index (χ0) is 10.9. The van der Waals surface area contributed by atoms with Crippen LogP contribution in [0.4, 0.5) is 0 Å². The lowest BCUT2D eigenvalue weighted by molar-refractivity contribution is 0.0330. The van der Waals surface area contributed by atoms with E-state index in [0.717, 1.165) is 6.32 Å². The van der Waals surface area contributed by atoms with Gasteiger partial charge in [-0.2, -0.15) is 0 Å². The van der Waals surface area contributed by atoms with Crippen molar-refractivity contribution < 1.29 is 4.65 Å². The number of benzene rings is 1. The summed E-state index contributed by atoms with van der Waals surface area (Å²) in [6.07, 6.45) is 2.40. The van der Waals surface area contributed by atoms with E-state index in [1.54, 1.807) is 0 Å². The molecule has 1 heterocycles. The molecule has 1 nitrogen and oxygen atoms in total. The summed E-state index contributed by atoms with van der Waals surface area (Å²) in [5, 5.41) is 0. The Morgan fingerprint density at radius 3 is 2.53 bits per heavy atom. The van der Waals surface area contributed by atoms with Crippen LogP contribution in [-0.2, 0) is 4.65 Å². The van der Waals surface area contributed by atoms with Crippen LogP contribution in [0.1, 0.15) is 27.2 Å². The van der Waals surface area contributed by atoms with Crippen molar-refractivity contribution >= 4 is 12.4 Å². The van der Waals surface area contributed by atoms with Crippen molar-refractivity contribution in [3.05, 3.63) is 30.3 Å². The van der Waals surface area contributed by atoms with Crippen molar-refractivity contribution in [1.82, 2.24) is 0 Å². The first-order valence-corrected chi connectivity index (χ1v) is 5.82. The molecule has 1 aliphatic rings. The Morgan fingerprint density at radius 2 is 1.93 bits per heavy atom. The molecule has 2 heteroatoms. The Hall–Kier alpha value is -0.755. The molecule has 0 aliphatic carbocycles. The number of rotatable bonds is 1. The van der Waals surface area contributed by atoms with Crippen LogP contribution in [0.15, 0.2) is 30.3 Å². The largest absolute Gasteiger partial charge is 0.426 e. The minimum absolute atomic E-state index is 0.0127. The predicted molar refractivity (Wildman–Crippen MR) is 65.6 cm³/mol. The predicted octanol–water partition coefficient (Wildman–Crippen LogP) is 2.72. The highest BCUT2D eigenvalue weighted by molar-refractivity contribution is 6.67. The second-order valence-electron chi connectivity index (χ2n) is 5.10. The highest BCUT2D eigenvalue weighted by Crippen LogP contribution is 2.32. The lowest BCUT2D eigenvalue weighted by atomic mass is 9.53. The standard InChI is InChI=1S/C13H19BO/c1-11-9-10-14(15-13(11,2)3)12-7-5-4-6-8-12/h4-8,11H,9-10H2,1-3H3. The van der Waals surface area contributed by atoms with Crippen molar-refractivity contribution in [2.24, 2.45) is 5.92 Å². The van der Waals surface area contributed by atoms with E-state index >= 15 is 0 Å². The van der Waals surface area contributed by atoms with E-state index in [0.29, 0.717) is 5.92 Å². The Labute approximate surface area is 93.0 Å². The average Bonchev–Trinajstić information content (AvgIpc) is 2.23. The first kappa shape index (κ1) is 10.8. The first-order valence-electron chi connectivity index (χ1n) is 5.82. The van der Waals surface area contributed by atoms with Gasteiger partial charge in [-0.15, -0.1) is 0 Å². The van der Waals surface area contributed by atoms with E-state index in [-0.39, 0.29) is 12.5 Å². The van der Waals surface area contributed by atoms with Crippen LogP contribution in [0.2, 0.25) is 6.32 Å². The molecule has 0 bridgehead atoms. The molecular formula is C13H19BO. The van der Waals surface area contributed by atoms with Gasteiger partial charge in [0, 0.05) is 5.60 Å². The van der Waals surface area contributed by atoms with E-state index in [1.807, 2.05) is 0 Å². The lowest BCUT2D eigenvalue weighted by Gasteiger charge is -2.40. The topological polar surface area (TPSA) is 9.23 Å². The van der Waals surface area contributed by atoms with E-state index in [9.17, 15) is 0 Å². The van der Waals surface area contributed by atoms with Crippen LogP contribution in [0.3, 0.4) is 0 Å². The fourth-order valence-corrected chi connectivity index (χ4v) is 2.19. The number of hydrogen-bond donors (Lipinski definition) is 0. The molecule has 1 aromatic rings. The van der Waals surface area contributed by atoms with Crippen molar-refractivity contribution in [3.8, 4) is 0 Å². The Kier molecular flexibility index (Phi) is 2.88. The molecule has 15 heavy (non-hydrogen) atoms. The third-order valence-electron chi connectivity index (χ3n) is 3.67. The fraction of sp³-hybridized carbons (Fsp3) is 0.538. The van der Waals surface area contributed by atoms with Crippen molar-refractivity contribution in [2.75, 3.05) is 0 Å². The van der Waals surface area contributed by atoms with Crippen LogP contribution in [-0.4, -0.2) is 12.5 Å². The van der Waals surface area contributed by atoms with Gasteiger partial charge >= 0.3 is 6.92 Å². The van der Waals surface area contributed by atoms with Gasteiger partial charge in [-0.1, -0.05) is 43.7 Å². The van der Waals surface area contributed by atoms with E-state index in [4.69, 9.17) is 4.65 Å². The molecule has 1 saturated heterocycles. The van der Waals surface area contributed by atoms with E-state index < -0.39 is 0 Å². The van der Waals surface area contributed by atoms with Gasteiger partial charge in [-0.25, -0.2) is 0 Å². The summed E-state index contributed by atoms with van der Waals surface area (Å²) in [7, 11) is 0. The van der Waals surface area contributed by atoms with E-state index in [2.05, 4.69) is 51.1 Å². The van der Waals surface area contributed by atoms with Crippen LogP contribution < -0.4 is 5.46 Å². The zero-order valence-electron chi connectivity index (χ0n) is 9.86. The van der Waals surface area contributed by atoms with Crippen molar-refractivity contribution in [3.63, 3.8) is 0 Å². The Morgan fingerprint density at radius 1 is 1.27 bits per heavy atom. The summed E-state index contributed by atoms with van der Waals surface area (Å²) in [5.41, 5.74) is 1.33.